The molecule has 88 valence electrons. The predicted molar refractivity (Wildman–Crippen MR) is 59.4 cm³/mol. The van der Waals surface area contributed by atoms with Gasteiger partial charge in [-0.25, -0.2) is 4.39 Å². The van der Waals surface area contributed by atoms with E-state index in [2.05, 4.69) is 5.32 Å². The Morgan fingerprint density at radius 2 is 2.06 bits per heavy atom. The first-order chi connectivity index (χ1) is 7.72. The van der Waals surface area contributed by atoms with E-state index in [4.69, 9.17) is 4.74 Å². The van der Waals surface area contributed by atoms with Gasteiger partial charge >= 0.3 is 5.97 Å². The fourth-order valence-corrected chi connectivity index (χ4v) is 1.17. The molecule has 0 saturated carbocycles. The van der Waals surface area contributed by atoms with Gasteiger partial charge in [-0.2, -0.15) is 0 Å². The molecule has 0 unspecified atom stereocenters. The van der Waals surface area contributed by atoms with Gasteiger partial charge in [0.2, 0.25) is 0 Å². The molecular formula is C12H16FNO2. The minimum absolute atomic E-state index is 0.191. The van der Waals surface area contributed by atoms with Gasteiger partial charge in [0.05, 0.1) is 0 Å². The first kappa shape index (κ1) is 12.6. The number of carbonyl (C=O) groups excluding carboxylic acids is 1. The first-order valence-electron chi connectivity index (χ1n) is 5.33. The lowest BCUT2D eigenvalue weighted by Crippen LogP contribution is -2.20. The van der Waals surface area contributed by atoms with Gasteiger partial charge in [-0.05, 0) is 17.7 Å². The van der Waals surface area contributed by atoms with Crippen LogP contribution in [-0.4, -0.2) is 19.1 Å². The molecule has 0 aliphatic carbocycles. The number of rotatable bonds is 6. The van der Waals surface area contributed by atoms with E-state index in [1.807, 2.05) is 0 Å². The maximum Gasteiger partial charge on any atom is 0.305 e. The Bertz CT molecular complexity index is 324. The molecule has 1 rings (SSSR count). The Kier molecular flexibility index (Phi) is 5.50. The quantitative estimate of drug-likeness (QED) is 0.593. The van der Waals surface area contributed by atoms with Gasteiger partial charge in [0, 0.05) is 19.5 Å². The second-order valence-corrected chi connectivity index (χ2v) is 3.38. The number of ether oxygens (including phenoxy) is 1. The molecule has 0 bridgehead atoms. The molecule has 16 heavy (non-hydrogen) atoms. The fraction of sp³-hybridized carbons (Fsp3) is 0.417. The normalized spacial score (nSPS) is 10.1. The van der Waals surface area contributed by atoms with Crippen LogP contribution >= 0.6 is 0 Å². The summed E-state index contributed by atoms with van der Waals surface area (Å²) < 4.78 is 17.5. The molecule has 0 radical (unpaired) electrons. The Morgan fingerprint density at radius 1 is 1.38 bits per heavy atom. The molecule has 3 nitrogen and oxygen atoms in total. The van der Waals surface area contributed by atoms with Crippen molar-refractivity contribution in [2.75, 3.05) is 13.2 Å². The van der Waals surface area contributed by atoms with Crippen molar-refractivity contribution >= 4 is 5.97 Å². The minimum atomic E-state index is -0.236. The monoisotopic (exact) mass is 225 g/mol. The van der Waals surface area contributed by atoms with Crippen LogP contribution in [0.1, 0.15) is 18.9 Å². The fourth-order valence-electron chi connectivity index (χ4n) is 1.17. The first-order valence-corrected chi connectivity index (χ1v) is 5.33. The van der Waals surface area contributed by atoms with Gasteiger partial charge in [0.25, 0.3) is 0 Å². The average molecular weight is 225 g/mol. The Labute approximate surface area is 94.6 Å². The Balaban J connectivity index is 2.11. The van der Waals surface area contributed by atoms with Crippen molar-refractivity contribution in [3.8, 4) is 0 Å². The summed E-state index contributed by atoms with van der Waals surface area (Å²) in [5.41, 5.74) is 1.00. The van der Waals surface area contributed by atoms with Crippen molar-refractivity contribution in [2.24, 2.45) is 0 Å². The molecule has 4 heteroatoms. The third-order valence-corrected chi connectivity index (χ3v) is 2.07. The van der Waals surface area contributed by atoms with E-state index in [0.717, 1.165) is 5.56 Å². The summed E-state index contributed by atoms with van der Waals surface area (Å²) in [6.45, 7) is 3.37. The number of halogens is 1. The molecule has 0 fully saturated rings. The molecule has 1 N–H and O–H groups in total. The Hall–Kier alpha value is -1.42. The van der Waals surface area contributed by atoms with Crippen molar-refractivity contribution in [1.29, 1.82) is 0 Å². The number of carbonyl (C=O) groups is 1. The van der Waals surface area contributed by atoms with E-state index < -0.39 is 0 Å². The largest absolute Gasteiger partial charge is 0.464 e. The molecule has 0 aliphatic heterocycles. The van der Waals surface area contributed by atoms with Gasteiger partial charge in [-0.15, -0.1) is 0 Å². The van der Waals surface area contributed by atoms with Gasteiger partial charge in [0.15, 0.2) is 0 Å². The number of esters is 1. The summed E-state index contributed by atoms with van der Waals surface area (Å²) in [4.78, 5) is 10.8. The van der Waals surface area contributed by atoms with Crippen molar-refractivity contribution < 1.29 is 13.9 Å². The molecule has 0 amide bonds. The molecule has 0 saturated heterocycles. The molecule has 0 heterocycles. The molecular weight excluding hydrogens is 209 g/mol. The molecule has 0 aromatic heterocycles. The van der Waals surface area contributed by atoms with Crippen LogP contribution in [0.5, 0.6) is 0 Å². The van der Waals surface area contributed by atoms with E-state index in [-0.39, 0.29) is 11.8 Å². The summed E-state index contributed by atoms with van der Waals surface area (Å²) in [7, 11) is 0. The van der Waals surface area contributed by atoms with Crippen molar-refractivity contribution in [3.63, 3.8) is 0 Å². The number of hydrogen-bond acceptors (Lipinski definition) is 3. The highest BCUT2D eigenvalue weighted by Crippen LogP contribution is 2.01. The standard InChI is InChI=1S/C12H16FNO2/c1-2-12(15)16-8-7-14-9-10-3-5-11(13)6-4-10/h3-6,14H,2,7-9H2,1H3. The SMILES string of the molecule is CCC(=O)OCCNCc1ccc(F)cc1. The van der Waals surface area contributed by atoms with Crippen LogP contribution in [0.3, 0.4) is 0 Å². The predicted octanol–water partition coefficient (Wildman–Crippen LogP) is 1.87. The molecule has 1 aromatic rings. The van der Waals surface area contributed by atoms with Crippen LogP contribution in [0, 0.1) is 5.82 Å². The third-order valence-electron chi connectivity index (χ3n) is 2.07. The lowest BCUT2D eigenvalue weighted by molar-refractivity contribution is -0.143. The van der Waals surface area contributed by atoms with Gasteiger partial charge in [-0.1, -0.05) is 19.1 Å². The average Bonchev–Trinajstić information content (AvgIpc) is 2.31. The maximum atomic E-state index is 12.6. The third kappa shape index (κ3) is 4.89. The summed E-state index contributed by atoms with van der Waals surface area (Å²) >= 11 is 0. The van der Waals surface area contributed by atoms with Gasteiger partial charge in [0.1, 0.15) is 12.4 Å². The highest BCUT2D eigenvalue weighted by atomic mass is 19.1. The van der Waals surface area contributed by atoms with Crippen molar-refractivity contribution in [2.45, 2.75) is 19.9 Å². The molecule has 0 spiro atoms. The zero-order chi connectivity index (χ0) is 11.8. The number of nitrogens with one attached hydrogen (secondary N) is 1. The highest BCUT2D eigenvalue weighted by Gasteiger charge is 1.97. The van der Waals surface area contributed by atoms with Crippen LogP contribution in [0.15, 0.2) is 24.3 Å². The Morgan fingerprint density at radius 3 is 2.69 bits per heavy atom. The summed E-state index contributed by atoms with van der Waals surface area (Å²) in [5, 5.41) is 3.10. The van der Waals surface area contributed by atoms with Crippen LogP contribution in [-0.2, 0) is 16.1 Å². The van der Waals surface area contributed by atoms with E-state index in [1.54, 1.807) is 19.1 Å². The maximum absolute atomic E-state index is 12.6. The van der Waals surface area contributed by atoms with Crippen LogP contribution in [0.2, 0.25) is 0 Å². The number of benzene rings is 1. The van der Waals surface area contributed by atoms with Crippen LogP contribution < -0.4 is 5.32 Å². The van der Waals surface area contributed by atoms with Crippen LogP contribution in [0.25, 0.3) is 0 Å². The lowest BCUT2D eigenvalue weighted by atomic mass is 10.2. The second-order valence-electron chi connectivity index (χ2n) is 3.38. The van der Waals surface area contributed by atoms with Gasteiger partial charge < -0.3 is 10.1 Å². The zero-order valence-electron chi connectivity index (χ0n) is 9.33. The summed E-state index contributed by atoms with van der Waals surface area (Å²) in [6, 6.07) is 6.29. The van der Waals surface area contributed by atoms with Crippen molar-refractivity contribution in [3.05, 3.63) is 35.6 Å². The second kappa shape index (κ2) is 6.95. The van der Waals surface area contributed by atoms with Gasteiger partial charge in [-0.3, -0.25) is 4.79 Å². The summed E-state index contributed by atoms with van der Waals surface area (Å²) in [5.74, 6) is -0.427. The molecule has 1 aromatic carbocycles. The van der Waals surface area contributed by atoms with E-state index in [1.165, 1.54) is 12.1 Å². The molecule has 0 atom stereocenters. The number of hydrogen-bond donors (Lipinski definition) is 1. The smallest absolute Gasteiger partial charge is 0.305 e. The van der Waals surface area contributed by atoms with E-state index in [9.17, 15) is 9.18 Å². The topological polar surface area (TPSA) is 38.3 Å². The van der Waals surface area contributed by atoms with E-state index >= 15 is 0 Å². The summed E-state index contributed by atoms with van der Waals surface area (Å²) in [6.07, 6.45) is 0.401. The van der Waals surface area contributed by atoms with Crippen molar-refractivity contribution in [1.82, 2.24) is 5.32 Å². The van der Waals surface area contributed by atoms with Crippen LogP contribution in [0.4, 0.5) is 4.39 Å². The minimum Gasteiger partial charge on any atom is -0.464 e. The zero-order valence-corrected chi connectivity index (χ0v) is 9.33. The van der Waals surface area contributed by atoms with E-state index in [0.29, 0.717) is 26.1 Å². The molecule has 0 aliphatic rings. The highest BCUT2D eigenvalue weighted by molar-refractivity contribution is 5.68. The lowest BCUT2D eigenvalue weighted by Gasteiger charge is -2.05.